The van der Waals surface area contributed by atoms with Crippen molar-refractivity contribution in [3.05, 3.63) is 75.1 Å². The molecular weight excluding hydrogens is 466 g/mol. The van der Waals surface area contributed by atoms with E-state index in [2.05, 4.69) is 31.3 Å². The van der Waals surface area contributed by atoms with Gasteiger partial charge in [-0.05, 0) is 45.8 Å². The van der Waals surface area contributed by atoms with Gasteiger partial charge < -0.3 is 16.2 Å². The van der Waals surface area contributed by atoms with Crippen LogP contribution in [0.15, 0.2) is 53.3 Å². The number of benzene rings is 1. The molecule has 0 bridgehead atoms. The Morgan fingerprint density at radius 1 is 1.17 bits per heavy atom. The van der Waals surface area contributed by atoms with E-state index in [4.69, 9.17) is 17.3 Å². The highest BCUT2D eigenvalue weighted by molar-refractivity contribution is 9.10. The molecule has 29 heavy (non-hydrogen) atoms. The highest BCUT2D eigenvalue weighted by atomic mass is 79.9. The monoisotopic (exact) mass is 477 g/mol. The van der Waals surface area contributed by atoms with Gasteiger partial charge in [0.2, 0.25) is 5.91 Å². The Kier molecular flexibility index (Phi) is 5.95. The average molecular weight is 479 g/mol. The zero-order chi connectivity index (χ0) is 21.1. The summed E-state index contributed by atoms with van der Waals surface area (Å²) in [5, 5.41) is 16.2. The van der Waals surface area contributed by atoms with Crippen LogP contribution >= 0.6 is 27.5 Å². The van der Waals surface area contributed by atoms with Gasteiger partial charge in [-0.1, -0.05) is 23.7 Å². The molecule has 9 nitrogen and oxygen atoms in total. The summed E-state index contributed by atoms with van der Waals surface area (Å²) in [6.45, 7) is 0. The first-order valence-corrected chi connectivity index (χ1v) is 9.24. The number of nitrogens with one attached hydrogen (secondary N) is 1. The average Bonchev–Trinajstić information content (AvgIpc) is 2.99. The van der Waals surface area contributed by atoms with E-state index in [0.29, 0.717) is 5.56 Å². The molecule has 2 aromatic heterocycles. The van der Waals surface area contributed by atoms with Gasteiger partial charge in [0.05, 0.1) is 15.1 Å². The van der Waals surface area contributed by atoms with Gasteiger partial charge in [0.15, 0.2) is 11.7 Å². The Morgan fingerprint density at radius 3 is 2.41 bits per heavy atom. The maximum absolute atomic E-state index is 12.7. The van der Waals surface area contributed by atoms with Crippen LogP contribution in [0.1, 0.15) is 32.5 Å². The summed E-state index contributed by atoms with van der Waals surface area (Å²) in [6, 6.07) is 8.20. The third-order valence-corrected chi connectivity index (χ3v) is 5.02. The number of primary amides is 1. The van der Waals surface area contributed by atoms with Crippen LogP contribution in [-0.4, -0.2) is 37.7 Å². The maximum Gasteiger partial charge on any atom is 0.357 e. The van der Waals surface area contributed by atoms with Gasteiger partial charge in [0.1, 0.15) is 5.82 Å². The van der Waals surface area contributed by atoms with Crippen molar-refractivity contribution >= 4 is 51.1 Å². The number of pyridine rings is 1. The molecule has 0 aliphatic rings. The molecule has 0 spiro atoms. The number of hydrogen-bond acceptors (Lipinski definition) is 5. The fraction of sp³-hybridized carbons (Fsp3) is 0.0556. The van der Waals surface area contributed by atoms with E-state index < -0.39 is 29.5 Å². The quantitative estimate of drug-likeness (QED) is 0.497. The minimum Gasteiger partial charge on any atom is -0.476 e. The number of carbonyl (C=O) groups excluding carboxylic acids is 2. The Morgan fingerprint density at radius 2 is 1.83 bits per heavy atom. The number of carboxylic acid groups (broad SMARTS) is 1. The van der Waals surface area contributed by atoms with Gasteiger partial charge in [-0.25, -0.2) is 9.48 Å². The number of rotatable bonds is 6. The maximum atomic E-state index is 12.7. The number of amides is 2. The highest BCUT2D eigenvalue weighted by Gasteiger charge is 2.30. The SMILES string of the molecule is NC(=O)C(c1ccncc1)n1nc(C(=O)O)c(Br)c1NC(=O)c1ccccc1Cl. The topological polar surface area (TPSA) is 140 Å². The van der Waals surface area contributed by atoms with Gasteiger partial charge in [0.25, 0.3) is 5.91 Å². The normalized spacial score (nSPS) is 11.7. The van der Waals surface area contributed by atoms with Crippen molar-refractivity contribution in [3.63, 3.8) is 0 Å². The molecule has 0 aliphatic heterocycles. The minimum absolute atomic E-state index is 0.0225. The Bertz CT molecular complexity index is 1100. The number of carbonyl (C=O) groups is 3. The summed E-state index contributed by atoms with van der Waals surface area (Å²) in [5.74, 6) is -2.85. The standard InChI is InChI=1S/C18H13BrClN5O4/c19-12-13(18(28)29)24-25(14(15(21)26)9-5-7-22-8-6-9)16(12)23-17(27)10-3-1-2-4-11(10)20/h1-8,14H,(H2,21,26)(H,23,27)(H,28,29). The Labute approximate surface area is 177 Å². The second-order valence-electron chi connectivity index (χ2n) is 5.78. The third-order valence-electron chi connectivity index (χ3n) is 3.94. The first kappa shape index (κ1) is 20.5. The van der Waals surface area contributed by atoms with Gasteiger partial charge >= 0.3 is 5.97 Å². The minimum atomic E-state index is -1.36. The molecule has 2 amide bonds. The molecule has 11 heteroatoms. The number of anilines is 1. The van der Waals surface area contributed by atoms with Crippen molar-refractivity contribution in [2.45, 2.75) is 6.04 Å². The molecule has 4 N–H and O–H groups in total. The van der Waals surface area contributed by atoms with Crippen molar-refractivity contribution in [3.8, 4) is 0 Å². The van der Waals surface area contributed by atoms with Crippen molar-refractivity contribution < 1.29 is 19.5 Å². The molecule has 1 atom stereocenters. The summed E-state index contributed by atoms with van der Waals surface area (Å²) in [7, 11) is 0. The smallest absolute Gasteiger partial charge is 0.357 e. The number of hydrogen-bond donors (Lipinski definition) is 3. The molecule has 0 saturated heterocycles. The zero-order valence-electron chi connectivity index (χ0n) is 14.5. The van der Waals surface area contributed by atoms with Crippen molar-refractivity contribution in [1.82, 2.24) is 14.8 Å². The summed E-state index contributed by atoms with van der Waals surface area (Å²) >= 11 is 9.20. The van der Waals surface area contributed by atoms with E-state index in [-0.39, 0.29) is 20.9 Å². The second kappa shape index (κ2) is 8.41. The van der Waals surface area contributed by atoms with Crippen LogP contribution in [0.3, 0.4) is 0 Å². The number of aromatic carboxylic acids is 1. The molecule has 0 radical (unpaired) electrons. The van der Waals surface area contributed by atoms with Crippen molar-refractivity contribution in [1.29, 1.82) is 0 Å². The van der Waals surface area contributed by atoms with Gasteiger partial charge in [-0.2, -0.15) is 5.10 Å². The summed E-state index contributed by atoms with van der Waals surface area (Å²) in [4.78, 5) is 40.4. The molecule has 0 fully saturated rings. The number of halogens is 2. The Hall–Kier alpha value is -3.24. The molecule has 1 aromatic carbocycles. The fourth-order valence-electron chi connectivity index (χ4n) is 2.64. The molecule has 3 rings (SSSR count). The Balaban J connectivity index is 2.13. The lowest BCUT2D eigenvalue weighted by Crippen LogP contribution is -2.30. The van der Waals surface area contributed by atoms with Crippen LogP contribution in [0, 0.1) is 0 Å². The summed E-state index contributed by atoms with van der Waals surface area (Å²) in [6.07, 6.45) is 2.90. The van der Waals surface area contributed by atoms with E-state index in [1.807, 2.05) is 0 Å². The zero-order valence-corrected chi connectivity index (χ0v) is 16.9. The molecule has 148 valence electrons. The largest absolute Gasteiger partial charge is 0.476 e. The van der Waals surface area contributed by atoms with Crippen LogP contribution in [0.2, 0.25) is 5.02 Å². The number of carboxylic acids is 1. The van der Waals surface area contributed by atoms with Crippen molar-refractivity contribution in [2.24, 2.45) is 5.73 Å². The lowest BCUT2D eigenvalue weighted by molar-refractivity contribution is -0.120. The molecule has 2 heterocycles. The lowest BCUT2D eigenvalue weighted by Gasteiger charge is -2.18. The molecule has 1 unspecified atom stereocenters. The van der Waals surface area contributed by atoms with Crippen LogP contribution in [0.5, 0.6) is 0 Å². The van der Waals surface area contributed by atoms with Crippen molar-refractivity contribution in [2.75, 3.05) is 5.32 Å². The van der Waals surface area contributed by atoms with E-state index in [1.54, 1.807) is 12.1 Å². The number of nitrogens with two attached hydrogens (primary N) is 1. The molecular formula is C18H13BrClN5O4. The molecule has 3 aromatic rings. The van der Waals surface area contributed by atoms with Crippen LogP contribution in [-0.2, 0) is 4.79 Å². The summed E-state index contributed by atoms with van der Waals surface area (Å²) < 4.78 is 1.02. The predicted molar refractivity (Wildman–Crippen MR) is 108 cm³/mol. The van der Waals surface area contributed by atoms with Gasteiger partial charge in [0, 0.05) is 12.4 Å². The lowest BCUT2D eigenvalue weighted by atomic mass is 10.1. The van der Waals surface area contributed by atoms with Crippen LogP contribution in [0.4, 0.5) is 5.82 Å². The molecule has 0 saturated carbocycles. The molecule has 0 aliphatic carbocycles. The third kappa shape index (κ3) is 4.13. The first-order chi connectivity index (χ1) is 13.8. The highest BCUT2D eigenvalue weighted by Crippen LogP contribution is 2.32. The first-order valence-electron chi connectivity index (χ1n) is 8.07. The van der Waals surface area contributed by atoms with Crippen LogP contribution in [0.25, 0.3) is 0 Å². The number of nitrogens with zero attached hydrogens (tertiary/aromatic N) is 3. The van der Waals surface area contributed by atoms with E-state index in [1.165, 1.54) is 36.7 Å². The predicted octanol–water partition coefficient (Wildman–Crippen LogP) is 2.72. The van der Waals surface area contributed by atoms with Crippen LogP contribution < -0.4 is 11.1 Å². The van der Waals surface area contributed by atoms with E-state index in [0.717, 1.165) is 4.68 Å². The fourth-order valence-corrected chi connectivity index (χ4v) is 3.39. The number of aromatic nitrogens is 3. The van der Waals surface area contributed by atoms with Gasteiger partial charge in [-0.15, -0.1) is 0 Å². The summed E-state index contributed by atoms with van der Waals surface area (Å²) in [5.41, 5.74) is 5.72. The van der Waals surface area contributed by atoms with E-state index >= 15 is 0 Å². The second-order valence-corrected chi connectivity index (χ2v) is 6.98. The van der Waals surface area contributed by atoms with Gasteiger partial charge in [-0.3, -0.25) is 14.6 Å². The van der Waals surface area contributed by atoms with E-state index in [9.17, 15) is 19.5 Å².